The van der Waals surface area contributed by atoms with Crippen molar-refractivity contribution in [1.29, 1.82) is 0 Å². The van der Waals surface area contributed by atoms with Gasteiger partial charge in [0.05, 0.1) is 26.1 Å². The molecule has 0 bridgehead atoms. The predicted octanol–water partition coefficient (Wildman–Crippen LogP) is 0.172. The van der Waals surface area contributed by atoms with Gasteiger partial charge in [-0.15, -0.1) is 0 Å². The zero-order valence-corrected chi connectivity index (χ0v) is 29.8. The Morgan fingerprint density at radius 3 is 1.80 bits per heavy atom. The van der Waals surface area contributed by atoms with E-state index in [9.17, 15) is 45.1 Å². The van der Waals surface area contributed by atoms with Crippen LogP contribution in [0.2, 0.25) is 0 Å². The third-order valence-electron chi connectivity index (χ3n) is 8.19. The van der Waals surface area contributed by atoms with Crippen molar-refractivity contribution in [3.8, 4) is 0 Å². The first-order valence-corrected chi connectivity index (χ1v) is 21.0. The Morgan fingerprint density at radius 1 is 0.818 bits per heavy atom. The Kier molecular flexibility index (Phi) is 14.4. The molecular formula is C26H42O12S6. The lowest BCUT2D eigenvalue weighted by Gasteiger charge is -2.45. The Labute approximate surface area is 278 Å². The molecule has 0 aromatic heterocycles. The maximum atomic E-state index is 12.9. The van der Waals surface area contributed by atoms with Crippen LogP contribution in [0.15, 0.2) is 0 Å². The molecule has 18 heteroatoms. The van der Waals surface area contributed by atoms with Crippen molar-refractivity contribution >= 4 is 63.1 Å². The van der Waals surface area contributed by atoms with Crippen LogP contribution >= 0.6 is 43.2 Å². The summed E-state index contributed by atoms with van der Waals surface area (Å²) in [5.41, 5.74) is 1.66. The Bertz CT molecular complexity index is 1230. The van der Waals surface area contributed by atoms with Crippen molar-refractivity contribution in [1.82, 2.24) is 0 Å². The van der Waals surface area contributed by atoms with Crippen LogP contribution in [0.25, 0.3) is 0 Å². The molecule has 0 saturated carbocycles. The molecule has 1 aromatic carbocycles. The number of hydrogen-bond donors (Lipinski definition) is 8. The summed E-state index contributed by atoms with van der Waals surface area (Å²) in [5.74, 6) is 0.843. The minimum atomic E-state index is -3.05. The summed E-state index contributed by atoms with van der Waals surface area (Å²) in [4.78, 5) is 0. The highest BCUT2D eigenvalue weighted by molar-refractivity contribution is 8.76. The van der Waals surface area contributed by atoms with Gasteiger partial charge in [0.2, 0.25) is 0 Å². The van der Waals surface area contributed by atoms with Gasteiger partial charge in [0.25, 0.3) is 0 Å². The molecule has 3 rings (SSSR count). The number of aliphatic hydroxyl groups excluding tert-OH is 7. The van der Waals surface area contributed by atoms with Gasteiger partial charge in [-0.25, -0.2) is 4.21 Å². The minimum Gasteiger partial charge on any atom is -0.394 e. The molecule has 8 N–H and O–H groups in total. The van der Waals surface area contributed by atoms with E-state index in [4.69, 9.17) is 24.8 Å². The van der Waals surface area contributed by atoms with Crippen LogP contribution in [0.3, 0.4) is 0 Å². The Hall–Kier alpha value is 0.550. The van der Waals surface area contributed by atoms with Gasteiger partial charge in [0, 0.05) is 22.7 Å². The number of aliphatic hydroxyl groups is 8. The molecule has 0 radical (unpaired) electrons. The first-order chi connectivity index (χ1) is 20.5. The van der Waals surface area contributed by atoms with Gasteiger partial charge in [-0.3, -0.25) is 4.18 Å². The number of hydrogen-bond acceptors (Lipinski definition) is 17. The van der Waals surface area contributed by atoms with E-state index < -0.39 is 81.2 Å². The van der Waals surface area contributed by atoms with Crippen molar-refractivity contribution in [2.24, 2.45) is 0 Å². The van der Waals surface area contributed by atoms with E-state index in [1.165, 1.54) is 35.6 Å². The summed E-state index contributed by atoms with van der Waals surface area (Å²) < 4.78 is 29.3. The molecule has 44 heavy (non-hydrogen) atoms. The van der Waals surface area contributed by atoms with Crippen LogP contribution in [-0.2, 0) is 50.9 Å². The topological polar surface area (TPSA) is 207 Å². The van der Waals surface area contributed by atoms with Crippen LogP contribution in [0.1, 0.15) is 40.3 Å². The minimum absolute atomic E-state index is 0.00299. The molecule has 2 heterocycles. The lowest BCUT2D eigenvalue weighted by molar-refractivity contribution is -0.250. The van der Waals surface area contributed by atoms with Crippen LogP contribution < -0.4 is 0 Å². The average Bonchev–Trinajstić information content (AvgIpc) is 2.98. The fraction of sp³-hybridized carbons (Fsp3) is 0.769. The van der Waals surface area contributed by atoms with Gasteiger partial charge in [-0.1, -0.05) is 43.2 Å². The molecule has 1 aromatic rings. The van der Waals surface area contributed by atoms with E-state index in [0.29, 0.717) is 11.5 Å². The van der Waals surface area contributed by atoms with E-state index in [1.807, 2.05) is 20.8 Å². The molecule has 0 amide bonds. The molecule has 0 aliphatic carbocycles. The quantitative estimate of drug-likeness (QED) is 0.127. The fourth-order valence-electron chi connectivity index (χ4n) is 5.11. The first kappa shape index (κ1) is 39.0. The second-order valence-electron chi connectivity index (χ2n) is 10.9. The molecule has 12 nitrogen and oxygen atoms in total. The first-order valence-electron chi connectivity index (χ1n) is 13.6. The van der Waals surface area contributed by atoms with E-state index in [2.05, 4.69) is 0 Å². The number of benzene rings is 1. The summed E-state index contributed by atoms with van der Waals surface area (Å²) in [6, 6.07) is 0. The standard InChI is InChI=1S/C26H42O12S6/c1-11-14(8-40-42-24-21(31)20(30)19(29)17(6-27)37-24)12(2)16(10-44(35,39)36-5)13(3)15(11)9-41-43-25-22(32)23(33)26(4,34)18(7-28)38-25/h17-25,27-34H,6-10H2,1-5H3/t17?,18?,19-,20-,21?,22?,23+,24-,25-,26-,44?/m0/s1. The van der Waals surface area contributed by atoms with Crippen molar-refractivity contribution < 1.29 is 58.7 Å². The number of rotatable bonds is 13. The molecule has 5 unspecified atom stereocenters. The molecule has 254 valence electrons. The average molecular weight is 739 g/mol. The van der Waals surface area contributed by atoms with Crippen molar-refractivity contribution in [3.63, 3.8) is 0 Å². The fourth-order valence-corrected chi connectivity index (χ4v) is 11.7. The van der Waals surface area contributed by atoms with Gasteiger partial charge in [-0.2, -0.15) is 0 Å². The lowest BCUT2D eigenvalue weighted by Crippen LogP contribution is -2.64. The van der Waals surface area contributed by atoms with Gasteiger partial charge in [-0.05, 0) is 61.1 Å². The largest absolute Gasteiger partial charge is 0.394 e. The van der Waals surface area contributed by atoms with Gasteiger partial charge in [0.15, 0.2) is 0 Å². The molecular weight excluding hydrogens is 697 g/mol. The molecule has 2 aliphatic rings. The maximum Gasteiger partial charge on any atom is 0.148 e. The van der Waals surface area contributed by atoms with Crippen LogP contribution in [0.5, 0.6) is 0 Å². The summed E-state index contributed by atoms with van der Waals surface area (Å²) in [7, 11) is 3.26. The molecule has 2 aliphatic heterocycles. The lowest BCUT2D eigenvalue weighted by atomic mass is 9.87. The Morgan fingerprint density at radius 2 is 1.32 bits per heavy atom. The SMILES string of the molecule is COS(=O)(=S)Cc1c(C)c(CSS[C@@H]2OC(CO)[C@H](O)[C@H](O)C2O)c(C)c(CSS[C@@H]2OC(CO)[C@](C)(O)[C@H](O)C2O)c1C. The third kappa shape index (κ3) is 8.58. The summed E-state index contributed by atoms with van der Waals surface area (Å²) in [6.45, 7) is 6.00. The molecule has 2 saturated heterocycles. The van der Waals surface area contributed by atoms with Crippen LogP contribution in [0, 0.1) is 20.8 Å². The van der Waals surface area contributed by atoms with Crippen molar-refractivity contribution in [3.05, 3.63) is 33.4 Å². The second-order valence-corrected chi connectivity index (χ2v) is 19.1. The number of ether oxygens (including phenoxy) is 2. The van der Waals surface area contributed by atoms with E-state index in [1.54, 1.807) is 0 Å². The molecule has 11 atom stereocenters. The molecule has 0 spiro atoms. The van der Waals surface area contributed by atoms with Gasteiger partial charge < -0.3 is 50.3 Å². The van der Waals surface area contributed by atoms with Crippen LogP contribution in [0.4, 0.5) is 0 Å². The van der Waals surface area contributed by atoms with Crippen molar-refractivity contribution in [2.75, 3.05) is 20.3 Å². The zero-order chi connectivity index (χ0) is 33.1. The predicted molar refractivity (Wildman–Crippen MR) is 177 cm³/mol. The van der Waals surface area contributed by atoms with E-state index in [0.717, 1.165) is 55.0 Å². The van der Waals surface area contributed by atoms with Gasteiger partial charge in [0.1, 0.15) is 68.0 Å². The summed E-state index contributed by atoms with van der Waals surface area (Å²) in [5, 5.41) is 81.3. The maximum absolute atomic E-state index is 12.9. The Balaban J connectivity index is 1.83. The third-order valence-corrected chi connectivity index (χ3v) is 15.0. The monoisotopic (exact) mass is 738 g/mol. The normalized spacial score (nSPS) is 35.9. The van der Waals surface area contributed by atoms with E-state index in [-0.39, 0.29) is 5.75 Å². The molecule has 2 fully saturated rings. The summed E-state index contributed by atoms with van der Waals surface area (Å²) in [6.07, 6.45) is -9.33. The van der Waals surface area contributed by atoms with Gasteiger partial charge >= 0.3 is 0 Å². The van der Waals surface area contributed by atoms with Crippen molar-refractivity contribution in [2.45, 2.75) is 104 Å². The van der Waals surface area contributed by atoms with Crippen LogP contribution in [-0.4, -0.2) is 125 Å². The highest BCUT2D eigenvalue weighted by Crippen LogP contribution is 2.43. The smallest absolute Gasteiger partial charge is 0.148 e. The second kappa shape index (κ2) is 16.3. The highest BCUT2D eigenvalue weighted by atomic mass is 33.1. The summed E-state index contributed by atoms with van der Waals surface area (Å²) >= 11 is 5.20. The highest BCUT2D eigenvalue weighted by Gasteiger charge is 2.51. The van der Waals surface area contributed by atoms with E-state index >= 15 is 0 Å². The zero-order valence-electron chi connectivity index (χ0n) is 24.9.